The van der Waals surface area contributed by atoms with Crippen molar-refractivity contribution in [3.8, 4) is 0 Å². The third kappa shape index (κ3) is 2.59. The van der Waals surface area contributed by atoms with E-state index in [9.17, 15) is 8.42 Å². The number of thiophene rings is 1. The monoisotopic (exact) mass is 301 g/mol. The lowest BCUT2D eigenvalue weighted by Crippen LogP contribution is -2.30. The largest absolute Gasteiger partial charge is 0.391 e. The van der Waals surface area contributed by atoms with Crippen LogP contribution in [-0.4, -0.2) is 20.1 Å². The van der Waals surface area contributed by atoms with Crippen LogP contribution in [-0.2, 0) is 16.6 Å². The van der Waals surface area contributed by atoms with E-state index in [2.05, 4.69) is 4.72 Å². The molecule has 1 aromatic rings. The van der Waals surface area contributed by atoms with E-state index in [1.165, 1.54) is 12.8 Å². The maximum absolute atomic E-state index is 12.2. The van der Waals surface area contributed by atoms with Gasteiger partial charge >= 0.3 is 0 Å². The molecule has 4 nitrogen and oxygen atoms in total. The molecule has 1 aromatic heterocycles. The Hall–Kier alpha value is -0.430. The highest BCUT2D eigenvalue weighted by Gasteiger charge is 2.53. The van der Waals surface area contributed by atoms with Crippen molar-refractivity contribution in [1.29, 1.82) is 0 Å². The van der Waals surface area contributed by atoms with E-state index in [1.807, 2.05) is 6.92 Å². The number of hydrogen-bond acceptors (Lipinski definition) is 4. The van der Waals surface area contributed by atoms with Gasteiger partial charge in [0, 0.05) is 11.4 Å². The van der Waals surface area contributed by atoms with Crippen molar-refractivity contribution in [1.82, 2.24) is 4.72 Å². The molecule has 0 bridgehead atoms. The second-order valence-electron chi connectivity index (χ2n) is 5.79. The molecule has 0 unspecified atom stereocenters. The molecule has 0 saturated heterocycles. The van der Waals surface area contributed by atoms with Crippen molar-refractivity contribution in [2.45, 2.75) is 43.4 Å². The van der Waals surface area contributed by atoms with Gasteiger partial charge in [-0.2, -0.15) is 0 Å². The third-order valence-corrected chi connectivity index (χ3v) is 7.45. The number of sulfonamides is 1. The van der Waals surface area contributed by atoms with Crippen LogP contribution in [0.3, 0.4) is 0 Å². The summed E-state index contributed by atoms with van der Waals surface area (Å²) < 4.78 is 27.6. The fourth-order valence-corrected chi connectivity index (χ4v) is 5.31. The van der Waals surface area contributed by atoms with Crippen molar-refractivity contribution >= 4 is 21.4 Å². The van der Waals surface area contributed by atoms with Crippen molar-refractivity contribution < 1.29 is 13.5 Å². The van der Waals surface area contributed by atoms with Crippen LogP contribution in [0.2, 0.25) is 0 Å². The zero-order valence-electron chi connectivity index (χ0n) is 11.0. The highest BCUT2D eigenvalue weighted by molar-refractivity contribution is 7.91. The van der Waals surface area contributed by atoms with Gasteiger partial charge in [-0.05, 0) is 55.6 Å². The molecule has 19 heavy (non-hydrogen) atoms. The maximum Gasteiger partial charge on any atom is 0.250 e. The summed E-state index contributed by atoms with van der Waals surface area (Å²) in [5.41, 5.74) is 1.11. The van der Waals surface area contributed by atoms with E-state index in [0.717, 1.165) is 40.5 Å². The third-order valence-electron chi connectivity index (χ3n) is 4.36. The lowest BCUT2D eigenvalue weighted by atomic mass is 10.0. The fraction of sp³-hybridized carbons (Fsp3) is 0.692. The lowest BCUT2D eigenvalue weighted by Gasteiger charge is -2.14. The molecule has 2 saturated carbocycles. The van der Waals surface area contributed by atoms with Gasteiger partial charge in [0.05, 0.1) is 6.61 Å². The number of aryl methyl sites for hydroxylation is 1. The summed E-state index contributed by atoms with van der Waals surface area (Å²) >= 11 is 1.16. The smallest absolute Gasteiger partial charge is 0.250 e. The molecule has 6 heteroatoms. The molecule has 2 aliphatic carbocycles. The summed E-state index contributed by atoms with van der Waals surface area (Å²) in [4.78, 5) is 0.726. The van der Waals surface area contributed by atoms with Crippen LogP contribution in [0.15, 0.2) is 10.3 Å². The highest BCUT2D eigenvalue weighted by atomic mass is 32.2. The van der Waals surface area contributed by atoms with Crippen LogP contribution in [0.4, 0.5) is 0 Å². The molecule has 0 amide bonds. The van der Waals surface area contributed by atoms with E-state index in [-0.39, 0.29) is 12.0 Å². The van der Waals surface area contributed by atoms with Gasteiger partial charge < -0.3 is 5.11 Å². The Bertz CT molecular complexity index is 583. The number of nitrogens with one attached hydrogen (secondary N) is 1. The quantitative estimate of drug-likeness (QED) is 0.845. The first-order chi connectivity index (χ1) is 8.97. The highest BCUT2D eigenvalue weighted by Crippen LogP contribution is 2.60. The first-order valence-corrected chi connectivity index (χ1v) is 8.97. The predicted molar refractivity (Wildman–Crippen MR) is 74.6 cm³/mol. The molecule has 2 fully saturated rings. The van der Waals surface area contributed by atoms with E-state index in [0.29, 0.717) is 10.8 Å². The van der Waals surface area contributed by atoms with E-state index >= 15 is 0 Å². The van der Waals surface area contributed by atoms with Gasteiger partial charge in [-0.25, -0.2) is 13.1 Å². The fourth-order valence-electron chi connectivity index (χ4n) is 2.67. The number of aliphatic hydroxyl groups is 1. The SMILES string of the molecule is Cc1cc(S(=O)(=O)NCC2(C3CC3)CC2)sc1CO. The Kier molecular flexibility index (Phi) is 3.24. The van der Waals surface area contributed by atoms with Crippen LogP contribution in [0.25, 0.3) is 0 Å². The molecule has 2 N–H and O–H groups in total. The first-order valence-electron chi connectivity index (χ1n) is 6.67. The standard InChI is InChI=1S/C13H19NO3S2/c1-9-6-12(18-11(9)7-15)19(16,17)14-8-13(4-5-13)10-2-3-10/h6,10,14-15H,2-5,7-8H2,1H3. The number of aliphatic hydroxyl groups excluding tert-OH is 1. The van der Waals surface area contributed by atoms with Crippen LogP contribution < -0.4 is 4.72 Å². The summed E-state index contributed by atoms with van der Waals surface area (Å²) in [6.45, 7) is 2.30. The van der Waals surface area contributed by atoms with Crippen molar-refractivity contribution in [2.75, 3.05) is 6.54 Å². The van der Waals surface area contributed by atoms with Gasteiger partial charge in [0.25, 0.3) is 0 Å². The normalized spacial score (nSPS) is 21.6. The summed E-state index contributed by atoms with van der Waals surface area (Å²) in [6.07, 6.45) is 4.83. The number of hydrogen-bond donors (Lipinski definition) is 2. The Balaban J connectivity index is 1.71. The zero-order valence-corrected chi connectivity index (χ0v) is 12.6. The summed E-state index contributed by atoms with van der Waals surface area (Å²) in [6, 6.07) is 1.65. The average Bonchev–Trinajstić information content (AvgIpc) is 3.23. The minimum atomic E-state index is -3.41. The van der Waals surface area contributed by atoms with Crippen LogP contribution >= 0.6 is 11.3 Å². The van der Waals surface area contributed by atoms with Gasteiger partial charge in [0.1, 0.15) is 4.21 Å². The summed E-state index contributed by atoms with van der Waals surface area (Å²) in [7, 11) is -3.41. The van der Waals surface area contributed by atoms with Gasteiger partial charge in [-0.3, -0.25) is 0 Å². The molecule has 0 spiro atoms. The minimum absolute atomic E-state index is 0.0992. The summed E-state index contributed by atoms with van der Waals surface area (Å²) in [5.74, 6) is 0.744. The predicted octanol–water partition coefficient (Wildman–Crippen LogP) is 2.02. The molecule has 3 rings (SSSR count). The van der Waals surface area contributed by atoms with E-state index in [4.69, 9.17) is 5.11 Å². The van der Waals surface area contributed by atoms with Gasteiger partial charge in [0.15, 0.2) is 0 Å². The zero-order chi connectivity index (χ0) is 13.7. The van der Waals surface area contributed by atoms with Gasteiger partial charge in [-0.15, -0.1) is 11.3 Å². The molecule has 0 atom stereocenters. The Morgan fingerprint density at radius 1 is 1.47 bits per heavy atom. The second kappa shape index (κ2) is 4.55. The lowest BCUT2D eigenvalue weighted by molar-refractivity contribution is 0.285. The van der Waals surface area contributed by atoms with E-state index in [1.54, 1.807) is 6.07 Å². The molecular formula is C13H19NO3S2. The Morgan fingerprint density at radius 3 is 2.63 bits per heavy atom. The van der Waals surface area contributed by atoms with Gasteiger partial charge in [0.2, 0.25) is 10.0 Å². The van der Waals surface area contributed by atoms with E-state index < -0.39 is 10.0 Å². The summed E-state index contributed by atoms with van der Waals surface area (Å²) in [5, 5.41) is 9.14. The molecule has 1 heterocycles. The molecular weight excluding hydrogens is 282 g/mol. The first kappa shape index (κ1) is 13.5. The van der Waals surface area contributed by atoms with Crippen molar-refractivity contribution in [3.05, 3.63) is 16.5 Å². The van der Waals surface area contributed by atoms with Crippen molar-refractivity contribution in [3.63, 3.8) is 0 Å². The average molecular weight is 301 g/mol. The van der Waals surface area contributed by atoms with Gasteiger partial charge in [-0.1, -0.05) is 0 Å². The Labute approximate surface area is 117 Å². The van der Waals surface area contributed by atoms with Crippen LogP contribution in [0, 0.1) is 18.3 Å². The molecule has 2 aliphatic rings. The second-order valence-corrected chi connectivity index (χ2v) is 8.92. The van der Waals surface area contributed by atoms with Crippen molar-refractivity contribution in [2.24, 2.45) is 11.3 Å². The van der Waals surface area contributed by atoms with Crippen LogP contribution in [0.1, 0.15) is 36.1 Å². The maximum atomic E-state index is 12.2. The van der Waals surface area contributed by atoms with Crippen LogP contribution in [0.5, 0.6) is 0 Å². The molecule has 106 valence electrons. The molecule has 0 radical (unpaired) electrons. The molecule has 0 aromatic carbocycles. The topological polar surface area (TPSA) is 66.4 Å². The number of rotatable bonds is 6. The molecule has 0 aliphatic heterocycles. The minimum Gasteiger partial charge on any atom is -0.391 e. The Morgan fingerprint density at radius 2 is 2.16 bits per heavy atom.